The minimum atomic E-state index is -0.368. The van der Waals surface area contributed by atoms with Crippen LogP contribution in [-0.2, 0) is 11.2 Å². The third kappa shape index (κ3) is 5.28. The second kappa shape index (κ2) is 10.1. The van der Waals surface area contributed by atoms with Crippen molar-refractivity contribution in [2.75, 3.05) is 39.9 Å². The summed E-state index contributed by atoms with van der Waals surface area (Å²) in [6.07, 6.45) is 0.999. The van der Waals surface area contributed by atoms with Gasteiger partial charge in [-0.15, -0.1) is 0 Å². The van der Waals surface area contributed by atoms with Crippen LogP contribution in [0.3, 0.4) is 0 Å². The van der Waals surface area contributed by atoms with E-state index in [2.05, 4.69) is 0 Å². The molecule has 1 aliphatic heterocycles. The number of rotatable bonds is 7. The standard InChI is InChI=1S/C23H27FN2O4/c1-3-30-20-10-4-17(16-21(20)29-2)5-11-22(27)25-12-14-26(15-13-25)23(28)18-6-8-19(24)9-7-18/h4,6-10,16H,3,5,11-15H2,1-2H3. The second-order valence-electron chi connectivity index (χ2n) is 7.10. The largest absolute Gasteiger partial charge is 0.493 e. The second-order valence-corrected chi connectivity index (χ2v) is 7.10. The maximum absolute atomic E-state index is 13.0. The van der Waals surface area contributed by atoms with E-state index in [4.69, 9.17) is 9.47 Å². The molecule has 0 aromatic heterocycles. The normalized spacial score (nSPS) is 13.8. The first-order valence-corrected chi connectivity index (χ1v) is 10.1. The topological polar surface area (TPSA) is 59.1 Å². The Hall–Kier alpha value is -3.09. The van der Waals surface area contributed by atoms with Gasteiger partial charge in [0.1, 0.15) is 5.82 Å². The Bertz CT molecular complexity index is 877. The Kier molecular flexibility index (Phi) is 7.27. The Morgan fingerprint density at radius 1 is 0.967 bits per heavy atom. The maximum Gasteiger partial charge on any atom is 0.253 e. The first kappa shape index (κ1) is 21.6. The van der Waals surface area contributed by atoms with Crippen molar-refractivity contribution in [2.45, 2.75) is 19.8 Å². The minimum Gasteiger partial charge on any atom is -0.493 e. The van der Waals surface area contributed by atoms with Gasteiger partial charge in [0, 0.05) is 38.2 Å². The molecule has 6 nitrogen and oxygen atoms in total. The summed E-state index contributed by atoms with van der Waals surface area (Å²) in [6, 6.07) is 11.2. The molecule has 30 heavy (non-hydrogen) atoms. The van der Waals surface area contributed by atoms with Crippen LogP contribution in [0.2, 0.25) is 0 Å². The summed E-state index contributed by atoms with van der Waals surface area (Å²) >= 11 is 0. The molecular formula is C23H27FN2O4. The lowest BCUT2D eigenvalue weighted by molar-refractivity contribution is -0.132. The first-order valence-electron chi connectivity index (χ1n) is 10.1. The number of aryl methyl sites for hydroxylation is 1. The van der Waals surface area contributed by atoms with Crippen molar-refractivity contribution < 1.29 is 23.5 Å². The summed E-state index contributed by atoms with van der Waals surface area (Å²) in [5, 5.41) is 0. The molecule has 2 aromatic carbocycles. The van der Waals surface area contributed by atoms with Crippen molar-refractivity contribution in [2.24, 2.45) is 0 Å². The summed E-state index contributed by atoms with van der Waals surface area (Å²) in [6.45, 7) is 4.41. The van der Waals surface area contributed by atoms with Crippen molar-refractivity contribution in [1.82, 2.24) is 9.80 Å². The van der Waals surface area contributed by atoms with Crippen LogP contribution in [-0.4, -0.2) is 61.5 Å². The highest BCUT2D eigenvalue weighted by molar-refractivity contribution is 5.94. The number of ether oxygens (including phenoxy) is 2. The lowest BCUT2D eigenvalue weighted by Gasteiger charge is -2.35. The fraction of sp³-hybridized carbons (Fsp3) is 0.391. The Labute approximate surface area is 176 Å². The van der Waals surface area contributed by atoms with E-state index in [9.17, 15) is 14.0 Å². The monoisotopic (exact) mass is 414 g/mol. The molecular weight excluding hydrogens is 387 g/mol. The highest BCUT2D eigenvalue weighted by Crippen LogP contribution is 2.28. The van der Waals surface area contributed by atoms with Gasteiger partial charge in [0.15, 0.2) is 11.5 Å². The molecule has 0 unspecified atom stereocenters. The van der Waals surface area contributed by atoms with Crippen molar-refractivity contribution >= 4 is 11.8 Å². The maximum atomic E-state index is 13.0. The molecule has 1 heterocycles. The minimum absolute atomic E-state index is 0.0664. The lowest BCUT2D eigenvalue weighted by atomic mass is 10.1. The predicted octanol–water partition coefficient (Wildman–Crippen LogP) is 3.15. The average Bonchev–Trinajstić information content (AvgIpc) is 2.78. The molecule has 7 heteroatoms. The molecule has 1 fully saturated rings. The summed E-state index contributed by atoms with van der Waals surface area (Å²) in [7, 11) is 1.60. The summed E-state index contributed by atoms with van der Waals surface area (Å²) in [5.74, 6) is 0.916. The molecule has 2 amide bonds. The molecule has 1 saturated heterocycles. The number of carbonyl (C=O) groups is 2. The van der Waals surface area contributed by atoms with Crippen LogP contribution in [0, 0.1) is 5.82 Å². The third-order valence-corrected chi connectivity index (χ3v) is 5.17. The fourth-order valence-corrected chi connectivity index (χ4v) is 3.49. The number of carbonyl (C=O) groups excluding carboxylic acids is 2. The Morgan fingerprint density at radius 2 is 1.63 bits per heavy atom. The molecule has 0 radical (unpaired) electrons. The van der Waals surface area contributed by atoms with E-state index in [1.807, 2.05) is 25.1 Å². The lowest BCUT2D eigenvalue weighted by Crippen LogP contribution is -2.50. The summed E-state index contributed by atoms with van der Waals surface area (Å²) in [4.78, 5) is 28.6. The SMILES string of the molecule is CCOc1ccc(CCC(=O)N2CCN(C(=O)c3ccc(F)cc3)CC2)cc1OC. The predicted molar refractivity (Wildman–Crippen MR) is 111 cm³/mol. The van der Waals surface area contributed by atoms with Crippen LogP contribution < -0.4 is 9.47 Å². The zero-order valence-electron chi connectivity index (χ0n) is 17.4. The van der Waals surface area contributed by atoms with Gasteiger partial charge in [-0.3, -0.25) is 9.59 Å². The van der Waals surface area contributed by atoms with Gasteiger partial charge >= 0.3 is 0 Å². The molecule has 0 atom stereocenters. The highest BCUT2D eigenvalue weighted by atomic mass is 19.1. The number of hydrogen-bond donors (Lipinski definition) is 0. The number of methoxy groups -OCH3 is 1. The molecule has 3 rings (SSSR count). The van der Waals surface area contributed by atoms with E-state index in [0.717, 1.165) is 5.56 Å². The van der Waals surface area contributed by atoms with Crippen LogP contribution in [0.1, 0.15) is 29.3 Å². The van der Waals surface area contributed by atoms with Crippen molar-refractivity contribution in [3.63, 3.8) is 0 Å². The van der Waals surface area contributed by atoms with Crippen molar-refractivity contribution in [1.29, 1.82) is 0 Å². The molecule has 0 spiro atoms. The molecule has 1 aliphatic rings. The van der Waals surface area contributed by atoms with E-state index < -0.39 is 0 Å². The van der Waals surface area contributed by atoms with E-state index in [1.54, 1.807) is 16.9 Å². The zero-order chi connectivity index (χ0) is 21.5. The number of benzene rings is 2. The number of nitrogens with zero attached hydrogens (tertiary/aromatic N) is 2. The molecule has 2 aromatic rings. The van der Waals surface area contributed by atoms with E-state index in [0.29, 0.717) is 62.7 Å². The van der Waals surface area contributed by atoms with E-state index >= 15 is 0 Å². The van der Waals surface area contributed by atoms with Gasteiger partial charge in [-0.05, 0) is 55.3 Å². The van der Waals surface area contributed by atoms with Gasteiger partial charge < -0.3 is 19.3 Å². The van der Waals surface area contributed by atoms with Crippen LogP contribution in [0.5, 0.6) is 11.5 Å². The van der Waals surface area contributed by atoms with E-state index in [-0.39, 0.29) is 17.6 Å². The number of piperazine rings is 1. The summed E-state index contributed by atoms with van der Waals surface area (Å²) in [5.41, 5.74) is 1.47. The summed E-state index contributed by atoms with van der Waals surface area (Å²) < 4.78 is 23.9. The van der Waals surface area contributed by atoms with E-state index in [1.165, 1.54) is 24.3 Å². The average molecular weight is 414 g/mol. The van der Waals surface area contributed by atoms with Gasteiger partial charge in [-0.25, -0.2) is 4.39 Å². The Morgan fingerprint density at radius 3 is 2.27 bits per heavy atom. The number of halogens is 1. The molecule has 0 saturated carbocycles. The van der Waals surface area contributed by atoms with Crippen molar-refractivity contribution in [3.05, 3.63) is 59.4 Å². The smallest absolute Gasteiger partial charge is 0.253 e. The molecule has 0 bridgehead atoms. The van der Waals surface area contributed by atoms with Gasteiger partial charge in [-0.2, -0.15) is 0 Å². The fourth-order valence-electron chi connectivity index (χ4n) is 3.49. The molecule has 0 aliphatic carbocycles. The highest BCUT2D eigenvalue weighted by Gasteiger charge is 2.24. The van der Waals surface area contributed by atoms with Crippen LogP contribution >= 0.6 is 0 Å². The van der Waals surface area contributed by atoms with Gasteiger partial charge in [0.2, 0.25) is 5.91 Å². The van der Waals surface area contributed by atoms with Gasteiger partial charge in [0.05, 0.1) is 13.7 Å². The quantitative estimate of drug-likeness (QED) is 0.698. The van der Waals surface area contributed by atoms with Crippen LogP contribution in [0.25, 0.3) is 0 Å². The van der Waals surface area contributed by atoms with Gasteiger partial charge in [-0.1, -0.05) is 6.07 Å². The third-order valence-electron chi connectivity index (χ3n) is 5.17. The zero-order valence-corrected chi connectivity index (χ0v) is 17.4. The molecule has 160 valence electrons. The van der Waals surface area contributed by atoms with Gasteiger partial charge in [0.25, 0.3) is 5.91 Å². The number of hydrogen-bond acceptors (Lipinski definition) is 4. The first-order chi connectivity index (χ1) is 14.5. The molecule has 0 N–H and O–H groups in total. The number of amides is 2. The Balaban J connectivity index is 1.49. The van der Waals surface area contributed by atoms with Crippen molar-refractivity contribution in [3.8, 4) is 11.5 Å². The van der Waals surface area contributed by atoms with Crippen LogP contribution in [0.15, 0.2) is 42.5 Å². The van der Waals surface area contributed by atoms with Crippen LogP contribution in [0.4, 0.5) is 4.39 Å².